The zero-order valence-corrected chi connectivity index (χ0v) is 20.0. The van der Waals surface area contributed by atoms with Crippen LogP contribution in [0.5, 0.6) is 5.75 Å². The van der Waals surface area contributed by atoms with Crippen LogP contribution < -0.4 is 10.1 Å². The average Bonchev–Trinajstić information content (AvgIpc) is 3.33. The van der Waals surface area contributed by atoms with Gasteiger partial charge < -0.3 is 14.6 Å². The molecular weight excluding hydrogens is 456 g/mol. The molecule has 0 radical (unpaired) electrons. The van der Waals surface area contributed by atoms with Crippen molar-refractivity contribution in [2.24, 2.45) is 5.92 Å². The molecule has 180 valence electrons. The normalized spacial score (nSPS) is 15.2. The van der Waals surface area contributed by atoms with Crippen LogP contribution in [0, 0.1) is 5.92 Å². The van der Waals surface area contributed by atoms with Crippen molar-refractivity contribution in [1.29, 1.82) is 0 Å². The van der Waals surface area contributed by atoms with Crippen molar-refractivity contribution < 1.29 is 22.5 Å². The second-order valence-corrected chi connectivity index (χ2v) is 10.3. The molecule has 1 amide bonds. The molecule has 1 fully saturated rings. The third kappa shape index (κ3) is 5.63. The Hall–Kier alpha value is -3.24. The fourth-order valence-corrected chi connectivity index (χ4v) is 5.21. The van der Waals surface area contributed by atoms with E-state index >= 15 is 0 Å². The van der Waals surface area contributed by atoms with Crippen LogP contribution in [-0.4, -0.2) is 49.0 Å². The lowest BCUT2D eigenvalue weighted by atomic mass is 10.0. The van der Waals surface area contributed by atoms with Crippen LogP contribution in [0.25, 0.3) is 11.4 Å². The zero-order valence-electron chi connectivity index (χ0n) is 19.2. The van der Waals surface area contributed by atoms with Gasteiger partial charge in [0.25, 0.3) is 0 Å². The minimum absolute atomic E-state index is 0.149. The maximum atomic E-state index is 12.8. The van der Waals surface area contributed by atoms with E-state index in [2.05, 4.69) is 22.4 Å². The summed E-state index contributed by atoms with van der Waals surface area (Å²) in [4.78, 5) is 16.9. The lowest BCUT2D eigenvalue weighted by Gasteiger charge is -2.29. The molecule has 1 saturated heterocycles. The monoisotopic (exact) mass is 484 g/mol. The average molecular weight is 485 g/mol. The van der Waals surface area contributed by atoms with E-state index in [1.807, 2.05) is 24.3 Å². The second kappa shape index (κ2) is 10.4. The Morgan fingerprint density at radius 2 is 1.79 bits per heavy atom. The van der Waals surface area contributed by atoms with Crippen LogP contribution in [0.2, 0.25) is 0 Å². The molecule has 2 aromatic carbocycles. The first-order chi connectivity index (χ1) is 16.3. The molecule has 0 bridgehead atoms. The number of ether oxygens (including phenoxy) is 1. The third-order valence-corrected chi connectivity index (χ3v) is 7.81. The van der Waals surface area contributed by atoms with Crippen LogP contribution >= 0.6 is 0 Å². The fraction of sp³-hybridized carbons (Fsp3) is 0.375. The van der Waals surface area contributed by atoms with Gasteiger partial charge in [0.05, 0.1) is 12.0 Å². The van der Waals surface area contributed by atoms with Gasteiger partial charge in [-0.15, -0.1) is 0 Å². The summed E-state index contributed by atoms with van der Waals surface area (Å²) in [7, 11) is -1.92. The molecule has 0 spiro atoms. The van der Waals surface area contributed by atoms with E-state index in [9.17, 15) is 13.2 Å². The summed E-state index contributed by atoms with van der Waals surface area (Å²) in [5.41, 5.74) is 1.31. The minimum atomic E-state index is -3.52. The number of carbonyl (C=O) groups excluding carboxylic acids is 1. The smallest absolute Gasteiger partial charge is 0.243 e. The summed E-state index contributed by atoms with van der Waals surface area (Å²) < 4.78 is 37.6. The molecule has 0 unspecified atom stereocenters. The molecular formula is C24H28N4O5S. The van der Waals surface area contributed by atoms with Crippen molar-refractivity contribution in [2.75, 3.05) is 25.5 Å². The predicted molar refractivity (Wildman–Crippen MR) is 127 cm³/mol. The van der Waals surface area contributed by atoms with Gasteiger partial charge in [0.1, 0.15) is 5.75 Å². The zero-order chi connectivity index (χ0) is 24.1. The van der Waals surface area contributed by atoms with Gasteiger partial charge >= 0.3 is 0 Å². The number of amides is 1. The van der Waals surface area contributed by atoms with E-state index in [1.165, 1.54) is 16.4 Å². The first-order valence-corrected chi connectivity index (χ1v) is 12.7. The molecule has 1 aromatic heterocycles. The van der Waals surface area contributed by atoms with Crippen LogP contribution in [0.1, 0.15) is 32.1 Å². The molecule has 10 heteroatoms. The minimum Gasteiger partial charge on any atom is -0.497 e. The number of aromatic nitrogens is 2. The van der Waals surface area contributed by atoms with E-state index in [0.717, 1.165) is 24.2 Å². The van der Waals surface area contributed by atoms with Crippen LogP contribution in [0.4, 0.5) is 5.69 Å². The van der Waals surface area contributed by atoms with Gasteiger partial charge in [-0.05, 0) is 67.3 Å². The van der Waals surface area contributed by atoms with E-state index in [4.69, 9.17) is 9.26 Å². The van der Waals surface area contributed by atoms with Crippen molar-refractivity contribution in [2.45, 2.75) is 37.5 Å². The lowest BCUT2D eigenvalue weighted by molar-refractivity contribution is -0.116. The Morgan fingerprint density at radius 1 is 1.12 bits per heavy atom. The van der Waals surface area contributed by atoms with Gasteiger partial charge in [0, 0.05) is 37.2 Å². The quantitative estimate of drug-likeness (QED) is 0.518. The number of anilines is 1. The molecule has 4 rings (SSSR count). The summed E-state index contributed by atoms with van der Waals surface area (Å²) >= 11 is 0. The van der Waals surface area contributed by atoms with Gasteiger partial charge in [-0.2, -0.15) is 9.29 Å². The number of sulfonamides is 1. The van der Waals surface area contributed by atoms with E-state index in [-0.39, 0.29) is 23.6 Å². The maximum Gasteiger partial charge on any atom is 0.243 e. The largest absolute Gasteiger partial charge is 0.497 e. The number of benzene rings is 2. The number of rotatable bonds is 8. The number of nitrogens with zero attached hydrogens (tertiary/aromatic N) is 3. The topological polar surface area (TPSA) is 115 Å². The van der Waals surface area contributed by atoms with Crippen LogP contribution in [0.3, 0.4) is 0 Å². The summed E-state index contributed by atoms with van der Waals surface area (Å²) in [6.07, 6.45) is 2.18. The highest BCUT2D eigenvalue weighted by Crippen LogP contribution is 2.24. The van der Waals surface area contributed by atoms with Gasteiger partial charge in [0.15, 0.2) is 0 Å². The molecule has 0 atom stereocenters. The van der Waals surface area contributed by atoms with Crippen molar-refractivity contribution in [3.8, 4) is 17.1 Å². The number of hydrogen-bond acceptors (Lipinski definition) is 7. The predicted octanol–water partition coefficient (Wildman–Crippen LogP) is 3.74. The second-order valence-electron chi connectivity index (χ2n) is 8.40. The van der Waals surface area contributed by atoms with Crippen molar-refractivity contribution >= 4 is 21.6 Å². The van der Waals surface area contributed by atoms with Crippen molar-refractivity contribution in [3.05, 3.63) is 54.4 Å². The van der Waals surface area contributed by atoms with Crippen molar-refractivity contribution in [3.63, 3.8) is 0 Å². The Labute approximate surface area is 199 Å². The first-order valence-electron chi connectivity index (χ1n) is 11.2. The molecule has 9 nitrogen and oxygen atoms in total. The molecule has 0 aliphatic carbocycles. The van der Waals surface area contributed by atoms with Gasteiger partial charge in [-0.1, -0.05) is 12.1 Å². The van der Waals surface area contributed by atoms with Crippen LogP contribution in [-0.2, 0) is 21.2 Å². The van der Waals surface area contributed by atoms with Crippen LogP contribution in [0.15, 0.2) is 57.9 Å². The summed E-state index contributed by atoms with van der Waals surface area (Å²) in [6.45, 7) is 3.22. The Kier molecular flexibility index (Phi) is 7.28. The van der Waals surface area contributed by atoms with Crippen molar-refractivity contribution in [1.82, 2.24) is 14.4 Å². The number of aryl methyl sites for hydroxylation is 1. The molecule has 1 aliphatic rings. The summed E-state index contributed by atoms with van der Waals surface area (Å²) in [6, 6.07) is 13.5. The fourth-order valence-electron chi connectivity index (χ4n) is 3.74. The summed E-state index contributed by atoms with van der Waals surface area (Å²) in [5, 5.41) is 6.74. The Bertz CT molecular complexity index is 1220. The highest BCUT2D eigenvalue weighted by atomic mass is 32.2. The van der Waals surface area contributed by atoms with Gasteiger partial charge in [0.2, 0.25) is 27.6 Å². The van der Waals surface area contributed by atoms with E-state index in [1.54, 1.807) is 19.2 Å². The number of hydrogen-bond donors (Lipinski definition) is 1. The van der Waals surface area contributed by atoms with E-state index in [0.29, 0.717) is 36.4 Å². The van der Waals surface area contributed by atoms with E-state index < -0.39 is 10.0 Å². The molecule has 2 heterocycles. The summed E-state index contributed by atoms with van der Waals surface area (Å²) in [5.74, 6) is 1.85. The Balaban J connectivity index is 1.30. The third-order valence-electron chi connectivity index (χ3n) is 5.90. The number of methoxy groups -OCH3 is 1. The lowest BCUT2D eigenvalue weighted by Crippen LogP contribution is -2.37. The number of carbonyl (C=O) groups is 1. The van der Waals surface area contributed by atoms with Gasteiger partial charge in [-0.25, -0.2) is 8.42 Å². The number of piperidine rings is 1. The maximum absolute atomic E-state index is 12.8. The first kappa shape index (κ1) is 23.9. The molecule has 3 aromatic rings. The molecule has 0 saturated carbocycles. The number of nitrogens with one attached hydrogen (secondary N) is 1. The van der Waals surface area contributed by atoms with Gasteiger partial charge in [-0.3, -0.25) is 4.79 Å². The molecule has 34 heavy (non-hydrogen) atoms. The molecule has 1 N–H and O–H groups in total. The highest BCUT2D eigenvalue weighted by Gasteiger charge is 2.27. The molecule has 1 aliphatic heterocycles. The highest BCUT2D eigenvalue weighted by molar-refractivity contribution is 7.89. The Morgan fingerprint density at radius 3 is 2.44 bits per heavy atom. The standard InChI is InChI=1S/C24H28N4O5S/c1-17-13-15-28(16-14-17)34(30,31)21-9-5-19(6-10-21)25-22(29)11-12-23-26-24(27-33-23)18-3-7-20(32-2)8-4-18/h3-10,17H,11-16H2,1-2H3,(H,25,29). The SMILES string of the molecule is COc1ccc(-c2noc(CCC(=O)Nc3ccc(S(=O)(=O)N4CCC(C)CC4)cc3)n2)cc1.